The highest BCUT2D eigenvalue weighted by molar-refractivity contribution is 6.30. The molecule has 0 radical (unpaired) electrons. The second-order valence-electron chi connectivity index (χ2n) is 4.72. The molecule has 0 aliphatic carbocycles. The smallest absolute Gasteiger partial charge is 0.291 e. The van der Waals surface area contributed by atoms with Gasteiger partial charge in [0.05, 0.1) is 16.9 Å². The van der Waals surface area contributed by atoms with Gasteiger partial charge in [0.2, 0.25) is 0 Å². The van der Waals surface area contributed by atoms with E-state index >= 15 is 0 Å². The Hall–Kier alpha value is -2.53. The third kappa shape index (κ3) is 3.04. The first-order valence-electron chi connectivity index (χ1n) is 6.86. The molecule has 5 nitrogen and oxygen atoms in total. The molecule has 1 aromatic carbocycles. The lowest BCUT2D eigenvalue weighted by molar-refractivity contribution is 0.0995. The van der Waals surface area contributed by atoms with Crippen molar-refractivity contribution in [3.63, 3.8) is 0 Å². The van der Waals surface area contributed by atoms with E-state index in [4.69, 9.17) is 16.0 Å². The molecule has 2 heterocycles. The second-order valence-corrected chi connectivity index (χ2v) is 5.16. The molecule has 0 spiro atoms. The van der Waals surface area contributed by atoms with Crippen molar-refractivity contribution in [3.05, 3.63) is 65.3 Å². The van der Waals surface area contributed by atoms with Gasteiger partial charge in [-0.25, -0.2) is 4.68 Å². The van der Waals surface area contributed by atoms with Crippen molar-refractivity contribution in [2.24, 2.45) is 0 Å². The van der Waals surface area contributed by atoms with Crippen LogP contribution in [-0.4, -0.2) is 15.7 Å². The monoisotopic (exact) mass is 315 g/mol. The molecule has 6 heteroatoms. The zero-order valence-corrected chi connectivity index (χ0v) is 12.7. The Morgan fingerprint density at radius 3 is 2.64 bits per heavy atom. The van der Waals surface area contributed by atoms with E-state index in [0.29, 0.717) is 16.5 Å². The number of carbonyl (C=O) groups is 1. The second kappa shape index (κ2) is 6.07. The molecule has 0 aliphatic rings. The van der Waals surface area contributed by atoms with E-state index in [-0.39, 0.29) is 5.91 Å². The fraction of sp³-hybridized carbons (Fsp3) is 0.125. The van der Waals surface area contributed by atoms with E-state index in [0.717, 1.165) is 17.9 Å². The van der Waals surface area contributed by atoms with Gasteiger partial charge in [-0.1, -0.05) is 18.5 Å². The van der Waals surface area contributed by atoms with Crippen molar-refractivity contribution in [3.8, 4) is 5.69 Å². The highest BCUT2D eigenvalue weighted by Gasteiger charge is 2.11. The van der Waals surface area contributed by atoms with Crippen LogP contribution in [0.5, 0.6) is 0 Å². The number of halogens is 1. The Labute approximate surface area is 132 Å². The number of benzene rings is 1. The summed E-state index contributed by atoms with van der Waals surface area (Å²) in [5.74, 6) is 0.824. The Morgan fingerprint density at radius 2 is 2.05 bits per heavy atom. The number of rotatable bonds is 4. The number of aryl methyl sites for hydroxylation is 1. The summed E-state index contributed by atoms with van der Waals surface area (Å²) in [6, 6.07) is 10.8. The zero-order valence-electron chi connectivity index (χ0n) is 11.9. The van der Waals surface area contributed by atoms with Gasteiger partial charge in [0, 0.05) is 18.3 Å². The lowest BCUT2D eigenvalue weighted by Gasteiger charge is -2.05. The molecule has 112 valence electrons. The highest BCUT2D eigenvalue weighted by Crippen LogP contribution is 2.16. The Kier molecular flexibility index (Phi) is 3.98. The van der Waals surface area contributed by atoms with Crippen molar-refractivity contribution in [1.82, 2.24) is 9.78 Å². The third-order valence-electron chi connectivity index (χ3n) is 3.17. The van der Waals surface area contributed by atoms with Crippen LogP contribution in [0.15, 0.2) is 53.2 Å². The maximum absolute atomic E-state index is 12.1. The van der Waals surface area contributed by atoms with Gasteiger partial charge in [-0.2, -0.15) is 5.10 Å². The lowest BCUT2D eigenvalue weighted by Crippen LogP contribution is -2.10. The van der Waals surface area contributed by atoms with Crippen LogP contribution in [0.4, 0.5) is 5.69 Å². The number of nitrogens with zero attached hydrogens (tertiary/aromatic N) is 2. The van der Waals surface area contributed by atoms with E-state index < -0.39 is 0 Å². The van der Waals surface area contributed by atoms with Gasteiger partial charge in [-0.3, -0.25) is 4.79 Å². The van der Waals surface area contributed by atoms with Gasteiger partial charge in [-0.15, -0.1) is 0 Å². The molecular weight excluding hydrogens is 302 g/mol. The van der Waals surface area contributed by atoms with Gasteiger partial charge >= 0.3 is 0 Å². The molecule has 22 heavy (non-hydrogen) atoms. The normalized spacial score (nSPS) is 10.6. The Morgan fingerprint density at radius 1 is 1.27 bits per heavy atom. The maximum Gasteiger partial charge on any atom is 0.291 e. The summed E-state index contributed by atoms with van der Waals surface area (Å²) in [6.07, 6.45) is 4.04. The number of amides is 1. The van der Waals surface area contributed by atoms with Gasteiger partial charge in [-0.05, 0) is 36.4 Å². The molecule has 0 saturated carbocycles. The Balaban J connectivity index is 1.72. The summed E-state index contributed by atoms with van der Waals surface area (Å²) in [4.78, 5) is 12.1. The molecule has 0 bridgehead atoms. The van der Waals surface area contributed by atoms with Crippen molar-refractivity contribution in [2.45, 2.75) is 13.3 Å². The predicted octanol–water partition coefficient (Wildman–Crippen LogP) is 3.93. The van der Waals surface area contributed by atoms with Gasteiger partial charge in [0.1, 0.15) is 5.76 Å². The Bertz CT molecular complexity index is 790. The van der Waals surface area contributed by atoms with Crippen molar-refractivity contribution >= 4 is 23.2 Å². The van der Waals surface area contributed by atoms with Gasteiger partial charge in [0.15, 0.2) is 5.76 Å². The average Bonchev–Trinajstić information content (AvgIpc) is 3.17. The van der Waals surface area contributed by atoms with Gasteiger partial charge < -0.3 is 9.73 Å². The number of hydrogen-bond donors (Lipinski definition) is 1. The fourth-order valence-corrected chi connectivity index (χ4v) is 2.16. The molecule has 0 aliphatic heterocycles. The highest BCUT2D eigenvalue weighted by atomic mass is 35.5. The molecule has 1 amide bonds. The third-order valence-corrected chi connectivity index (χ3v) is 3.37. The number of carbonyl (C=O) groups excluding carboxylic acids is 1. The fourth-order valence-electron chi connectivity index (χ4n) is 2.02. The summed E-state index contributed by atoms with van der Waals surface area (Å²) in [6.45, 7) is 1.97. The van der Waals surface area contributed by atoms with Crippen molar-refractivity contribution in [1.29, 1.82) is 0 Å². The molecular formula is C16H14ClN3O2. The average molecular weight is 316 g/mol. The molecule has 1 N–H and O–H groups in total. The van der Waals surface area contributed by atoms with E-state index in [9.17, 15) is 4.79 Å². The van der Waals surface area contributed by atoms with Crippen LogP contribution in [0.3, 0.4) is 0 Å². The predicted molar refractivity (Wildman–Crippen MR) is 84.6 cm³/mol. The zero-order chi connectivity index (χ0) is 15.5. The SMILES string of the molecule is CCc1ccc(C(=O)Nc2ccc(-n3cc(Cl)cn3)cc2)o1. The van der Waals surface area contributed by atoms with Crippen LogP contribution in [0, 0.1) is 0 Å². The maximum atomic E-state index is 12.1. The summed E-state index contributed by atoms with van der Waals surface area (Å²) >= 11 is 5.84. The molecule has 0 saturated heterocycles. The number of anilines is 1. The van der Waals surface area contributed by atoms with Crippen LogP contribution < -0.4 is 5.32 Å². The minimum Gasteiger partial charge on any atom is -0.456 e. The van der Waals surface area contributed by atoms with E-state index in [1.807, 2.05) is 19.1 Å². The van der Waals surface area contributed by atoms with Crippen LogP contribution in [-0.2, 0) is 6.42 Å². The number of hydrogen-bond acceptors (Lipinski definition) is 3. The van der Waals surface area contributed by atoms with E-state index in [1.54, 1.807) is 41.3 Å². The van der Waals surface area contributed by atoms with Crippen LogP contribution in [0.25, 0.3) is 5.69 Å². The van der Waals surface area contributed by atoms with Crippen molar-refractivity contribution in [2.75, 3.05) is 5.32 Å². The van der Waals surface area contributed by atoms with Crippen molar-refractivity contribution < 1.29 is 9.21 Å². The summed E-state index contributed by atoms with van der Waals surface area (Å²) < 4.78 is 7.08. The topological polar surface area (TPSA) is 60.1 Å². The molecule has 2 aromatic heterocycles. The van der Waals surface area contributed by atoms with Crippen LogP contribution in [0.1, 0.15) is 23.2 Å². The molecule has 0 unspecified atom stereocenters. The van der Waals surface area contributed by atoms with E-state index in [2.05, 4.69) is 10.4 Å². The van der Waals surface area contributed by atoms with Crippen LogP contribution in [0.2, 0.25) is 5.02 Å². The number of aromatic nitrogens is 2. The quantitative estimate of drug-likeness (QED) is 0.793. The van der Waals surface area contributed by atoms with Crippen LogP contribution >= 0.6 is 11.6 Å². The minimum atomic E-state index is -0.269. The first-order chi connectivity index (χ1) is 10.7. The standard InChI is InChI=1S/C16H14ClN3O2/c1-2-14-7-8-15(22-14)16(21)19-12-3-5-13(6-4-12)20-10-11(17)9-18-20/h3-10H,2H2,1H3,(H,19,21). The summed E-state index contributed by atoms with van der Waals surface area (Å²) in [5.41, 5.74) is 1.54. The van der Waals surface area contributed by atoms with E-state index in [1.165, 1.54) is 0 Å². The summed E-state index contributed by atoms with van der Waals surface area (Å²) in [7, 11) is 0. The number of nitrogens with one attached hydrogen (secondary N) is 1. The molecule has 0 fully saturated rings. The summed E-state index contributed by atoms with van der Waals surface area (Å²) in [5, 5.41) is 7.48. The largest absolute Gasteiger partial charge is 0.456 e. The molecule has 3 rings (SSSR count). The first-order valence-corrected chi connectivity index (χ1v) is 7.24. The molecule has 0 atom stereocenters. The number of furan rings is 1. The first kappa shape index (κ1) is 14.4. The lowest BCUT2D eigenvalue weighted by atomic mass is 10.2. The molecule has 3 aromatic rings. The minimum absolute atomic E-state index is 0.269. The van der Waals surface area contributed by atoms with Gasteiger partial charge in [0.25, 0.3) is 5.91 Å².